The molecule has 52 heavy (non-hydrogen) atoms. The number of quaternary nitrogens is 2. The molecule has 336 valence electrons. The molecule has 0 saturated heterocycles. The third-order valence-corrected chi connectivity index (χ3v) is 7.43. The number of halogens is 2. The normalized spacial score (nSPS) is 11.6. The van der Waals surface area contributed by atoms with E-state index >= 15 is 0 Å². The highest BCUT2D eigenvalue weighted by Crippen LogP contribution is 2.31. The van der Waals surface area contributed by atoms with Gasteiger partial charge in [-0.15, -0.1) is 0 Å². The molecule has 0 aromatic rings. The summed E-state index contributed by atoms with van der Waals surface area (Å²) >= 11 is 0. The van der Waals surface area contributed by atoms with Crippen molar-refractivity contribution in [2.75, 3.05) is 60.7 Å². The van der Waals surface area contributed by atoms with Crippen LogP contribution in [0.15, 0.2) is 0 Å². The third kappa shape index (κ3) is 43.2. The maximum Gasteiger partial charge on any atom is 0.267 e. The van der Waals surface area contributed by atoms with Crippen LogP contribution in [0.4, 0.5) is 0 Å². The molecule has 0 aliphatic heterocycles. The van der Waals surface area contributed by atoms with Gasteiger partial charge in [0.15, 0.2) is 12.8 Å². The van der Waals surface area contributed by atoms with Gasteiger partial charge in [-0.2, -0.15) is 8.42 Å². The first-order valence-corrected chi connectivity index (χ1v) is 14.6. The standard InChI is InChI=1S/C25H51N5O7S.12CH4.2ClH/c1-11-18(21(26)32)12-19(22(33)28-25(4,5)16-38(35,36)37)13-24(2,3)23(34)27-17-30(9,10)15-20(31)14-29(6,7)8;;;;;;;;;;;;;;/h18-20,31H,11-17H2,1-10H3,(H3-2,26,27,28,32,33,34,35,36,37);12*1H4;2*1H. The molecule has 0 aliphatic rings. The summed E-state index contributed by atoms with van der Waals surface area (Å²) in [6, 6.07) is 0. The second-order valence-electron chi connectivity index (χ2n) is 13.5. The summed E-state index contributed by atoms with van der Waals surface area (Å²) in [5, 5.41) is 16.0. The van der Waals surface area contributed by atoms with E-state index in [4.69, 9.17) is 5.73 Å². The van der Waals surface area contributed by atoms with Crippen LogP contribution in [0.5, 0.6) is 0 Å². The van der Waals surface area contributed by atoms with Crippen molar-refractivity contribution in [1.29, 1.82) is 0 Å². The second kappa shape index (κ2) is 38.1. The molecule has 0 saturated carbocycles. The van der Waals surface area contributed by atoms with E-state index in [9.17, 15) is 32.5 Å². The first-order valence-electron chi connectivity index (χ1n) is 12.9. The van der Waals surface area contributed by atoms with E-state index in [2.05, 4.69) is 10.6 Å². The quantitative estimate of drug-likeness (QED) is 0.0841. The van der Waals surface area contributed by atoms with Crippen LogP contribution in [-0.4, -0.2) is 117 Å². The molecule has 0 spiro atoms. The number of carbonyl (C=O) groups excluding carboxylic acids is 3. The van der Waals surface area contributed by atoms with Crippen LogP contribution in [0.25, 0.3) is 0 Å². The summed E-state index contributed by atoms with van der Waals surface area (Å²) in [6.07, 6.45) is 0.0127. The third-order valence-electron chi connectivity index (χ3n) is 6.34. The van der Waals surface area contributed by atoms with Crippen molar-refractivity contribution in [2.24, 2.45) is 23.0 Å². The van der Waals surface area contributed by atoms with Gasteiger partial charge in [0.1, 0.15) is 13.1 Å². The van der Waals surface area contributed by atoms with E-state index in [1.807, 2.05) is 35.2 Å². The van der Waals surface area contributed by atoms with Crippen LogP contribution in [0.2, 0.25) is 0 Å². The maximum absolute atomic E-state index is 13.3. The van der Waals surface area contributed by atoms with Crippen LogP contribution < -0.4 is 41.2 Å². The average Bonchev–Trinajstić information content (AvgIpc) is 2.64. The van der Waals surface area contributed by atoms with E-state index in [1.54, 1.807) is 20.8 Å². The number of nitrogens with one attached hydrogen (secondary N) is 2. The molecule has 0 radical (unpaired) electrons. The Morgan fingerprint density at radius 1 is 0.750 bits per heavy atom. The van der Waals surface area contributed by atoms with E-state index in [0.717, 1.165) is 0 Å². The molecule has 0 aliphatic carbocycles. The number of aliphatic hydroxyl groups is 1. The van der Waals surface area contributed by atoms with Crippen molar-refractivity contribution in [3.8, 4) is 0 Å². The summed E-state index contributed by atoms with van der Waals surface area (Å²) in [7, 11) is 5.42. The SMILES string of the molecule is C.C.C.C.C.C.C.C.C.C.C.C.CCC(CC(CC(C)(C)C(=O)NC[N+](C)(C)CC(O)C[N+](C)(C)C)C(=O)NC(C)(C)CS(=O)(=O)O)C(N)=O.[Cl-].[Cl-]. The molecular formula is C37H101Cl2N5O7S. The summed E-state index contributed by atoms with van der Waals surface area (Å²) in [4.78, 5) is 38.4. The minimum atomic E-state index is -4.36. The van der Waals surface area contributed by atoms with Crippen molar-refractivity contribution in [3.05, 3.63) is 0 Å². The Morgan fingerprint density at radius 2 is 1.13 bits per heavy atom. The van der Waals surface area contributed by atoms with Crippen molar-refractivity contribution < 1.29 is 66.2 Å². The summed E-state index contributed by atoms with van der Waals surface area (Å²) in [5.41, 5.74) is 3.22. The van der Waals surface area contributed by atoms with Gasteiger partial charge in [-0.25, -0.2) is 0 Å². The highest BCUT2D eigenvalue weighted by atomic mass is 35.5. The summed E-state index contributed by atoms with van der Waals surface area (Å²) in [5.74, 6) is -3.50. The molecule has 12 nitrogen and oxygen atoms in total. The number of nitrogens with two attached hydrogens (primary N) is 1. The number of amides is 3. The Kier molecular flexibility index (Phi) is 72.0. The minimum Gasteiger partial charge on any atom is -1.00 e. The molecule has 0 aromatic carbocycles. The predicted octanol–water partition coefficient (Wildman–Crippen LogP) is 1.56. The first kappa shape index (κ1) is 98.3. The van der Waals surface area contributed by atoms with Gasteiger partial charge >= 0.3 is 0 Å². The van der Waals surface area contributed by atoms with Crippen LogP contribution in [0.1, 0.15) is 143 Å². The molecule has 15 heteroatoms. The zero-order valence-corrected chi connectivity index (χ0v) is 28.1. The Bertz CT molecular complexity index is 945. The van der Waals surface area contributed by atoms with Gasteiger partial charge in [-0.3, -0.25) is 18.9 Å². The van der Waals surface area contributed by atoms with Crippen LogP contribution >= 0.6 is 0 Å². The maximum atomic E-state index is 13.3. The number of rotatable bonds is 17. The zero-order chi connectivity index (χ0) is 30.3. The van der Waals surface area contributed by atoms with E-state index in [1.165, 1.54) is 13.8 Å². The van der Waals surface area contributed by atoms with Gasteiger partial charge in [0.2, 0.25) is 17.7 Å². The summed E-state index contributed by atoms with van der Waals surface area (Å²) < 4.78 is 33.0. The largest absolute Gasteiger partial charge is 1.00 e. The van der Waals surface area contributed by atoms with Crippen molar-refractivity contribution in [1.82, 2.24) is 10.6 Å². The van der Waals surface area contributed by atoms with Crippen LogP contribution in [0, 0.1) is 17.3 Å². The van der Waals surface area contributed by atoms with Crippen LogP contribution in [-0.2, 0) is 24.5 Å². The molecule has 0 bridgehead atoms. The van der Waals surface area contributed by atoms with Crippen molar-refractivity contribution in [3.63, 3.8) is 0 Å². The van der Waals surface area contributed by atoms with Gasteiger partial charge in [0, 0.05) is 17.3 Å². The predicted molar refractivity (Wildman–Crippen MR) is 228 cm³/mol. The van der Waals surface area contributed by atoms with E-state index < -0.39 is 56.6 Å². The lowest BCUT2D eigenvalue weighted by atomic mass is 9.77. The average molecular weight is 831 g/mol. The molecule has 0 aromatic heterocycles. The van der Waals surface area contributed by atoms with Gasteiger partial charge in [0.25, 0.3) is 10.1 Å². The highest BCUT2D eigenvalue weighted by Gasteiger charge is 2.38. The fourth-order valence-electron chi connectivity index (χ4n) is 4.60. The van der Waals surface area contributed by atoms with Crippen molar-refractivity contribution >= 4 is 27.8 Å². The number of hydrogen-bond donors (Lipinski definition) is 5. The Morgan fingerprint density at radius 3 is 1.44 bits per heavy atom. The fraction of sp³-hybridized carbons (Fsp3) is 0.919. The molecule has 0 rings (SSSR count). The molecule has 6 N–H and O–H groups in total. The lowest BCUT2D eigenvalue weighted by Crippen LogP contribution is -3.00. The minimum absolute atomic E-state index is 0. The monoisotopic (exact) mass is 830 g/mol. The van der Waals surface area contributed by atoms with Gasteiger partial charge in [-0.05, 0) is 33.1 Å². The number of primary amides is 1. The molecule has 3 unspecified atom stereocenters. The lowest BCUT2D eigenvalue weighted by molar-refractivity contribution is -0.908. The highest BCUT2D eigenvalue weighted by molar-refractivity contribution is 7.85. The van der Waals surface area contributed by atoms with Crippen LogP contribution in [0.3, 0.4) is 0 Å². The Hall–Kier alpha value is -1.22. The van der Waals surface area contributed by atoms with Gasteiger partial charge in [0.05, 0.1) is 46.5 Å². The first-order chi connectivity index (χ1) is 16.8. The molecule has 3 atom stereocenters. The Balaban J connectivity index is -0.0000000752. The number of nitrogens with zero attached hydrogens (tertiary/aromatic N) is 2. The van der Waals surface area contributed by atoms with Gasteiger partial charge in [-0.1, -0.05) is 110 Å². The van der Waals surface area contributed by atoms with Gasteiger partial charge < -0.3 is 55.3 Å². The lowest BCUT2D eigenvalue weighted by Gasteiger charge is -2.36. The smallest absolute Gasteiger partial charge is 0.267 e. The topological polar surface area (TPSA) is 176 Å². The second-order valence-corrected chi connectivity index (χ2v) is 15.0. The van der Waals surface area contributed by atoms with Crippen molar-refractivity contribution in [2.45, 2.75) is 155 Å². The number of carbonyl (C=O) groups is 3. The number of hydrogen-bond acceptors (Lipinski definition) is 6. The van der Waals surface area contributed by atoms with E-state index in [-0.39, 0.29) is 139 Å². The Labute approximate surface area is 342 Å². The molecule has 0 fully saturated rings. The molecular weight excluding hydrogens is 729 g/mol. The fourth-order valence-corrected chi connectivity index (χ4v) is 5.58. The number of likely N-dealkylation sites (N-methyl/N-ethyl adjacent to an activating group) is 2. The molecule has 3 amide bonds. The zero-order valence-electron chi connectivity index (χ0n) is 25.8. The molecule has 0 heterocycles. The number of aliphatic hydroxyl groups excluding tert-OH is 1. The van der Waals surface area contributed by atoms with E-state index in [0.29, 0.717) is 28.5 Å². The summed E-state index contributed by atoms with van der Waals surface area (Å²) in [6.45, 7) is 9.35.